The quantitative estimate of drug-likeness (QED) is 0.0208. The van der Waals surface area contributed by atoms with Gasteiger partial charge in [0.2, 0.25) is 0 Å². The van der Waals surface area contributed by atoms with Crippen LogP contribution in [0.3, 0.4) is 0 Å². The Labute approximate surface area is 704 Å². The first kappa shape index (κ1) is 90.6. The van der Waals surface area contributed by atoms with Gasteiger partial charge in [0.25, 0.3) is 0 Å². The summed E-state index contributed by atoms with van der Waals surface area (Å²) in [6.45, 7) is 29.8. The van der Waals surface area contributed by atoms with E-state index in [4.69, 9.17) is 44.6 Å². The first-order valence-corrected chi connectivity index (χ1v) is 44.3. The highest BCUT2D eigenvalue weighted by Gasteiger charge is 2.58. The highest BCUT2D eigenvalue weighted by molar-refractivity contribution is 5.91. The van der Waals surface area contributed by atoms with Crippen LogP contribution in [0.1, 0.15) is 136 Å². The van der Waals surface area contributed by atoms with Gasteiger partial charge in [-0.15, -0.1) is 0 Å². The minimum atomic E-state index is -1.03. The van der Waals surface area contributed by atoms with Gasteiger partial charge in [-0.1, -0.05) is 307 Å². The molecule has 9 unspecified atom stereocenters. The fourth-order valence-corrected chi connectivity index (χ4v) is 21.0. The molecule has 0 aromatic heterocycles. The Bertz CT molecular complexity index is 3760. The summed E-state index contributed by atoms with van der Waals surface area (Å²) in [4.78, 5) is 47.4. The molecule has 0 saturated heterocycles. The Morgan fingerprint density at radius 3 is 0.890 bits per heavy atom. The van der Waals surface area contributed by atoms with Crippen molar-refractivity contribution in [1.29, 1.82) is 0 Å². The molecule has 636 valence electrons. The predicted molar refractivity (Wildman–Crippen MR) is 467 cm³/mol. The lowest BCUT2D eigenvalue weighted by molar-refractivity contribution is -0.154. The second-order valence-corrected chi connectivity index (χ2v) is 36.5. The van der Waals surface area contributed by atoms with Gasteiger partial charge in [-0.3, -0.25) is 9.59 Å². The molecule has 6 N–H and O–H groups in total. The van der Waals surface area contributed by atoms with Crippen LogP contribution in [0.15, 0.2) is 237 Å². The van der Waals surface area contributed by atoms with E-state index in [2.05, 4.69) is 203 Å². The zero-order valence-electron chi connectivity index (χ0n) is 71.6. The molecule has 8 bridgehead atoms. The van der Waals surface area contributed by atoms with E-state index < -0.39 is 35.7 Å². The lowest BCUT2D eigenvalue weighted by Crippen LogP contribution is -2.43. The minimum Gasteiger partial charge on any atom is -0.481 e. The average molecular weight is 1610 g/mol. The lowest BCUT2D eigenvalue weighted by atomic mass is 9.75. The molecule has 16 rings (SSSR count). The molecular formula is C103H136N2O13. The molecule has 15 heteroatoms. The van der Waals surface area contributed by atoms with Gasteiger partial charge in [0.05, 0.1) is 77.9 Å². The summed E-state index contributed by atoms with van der Waals surface area (Å²) in [5, 5.41) is 18.7. The van der Waals surface area contributed by atoms with Crippen molar-refractivity contribution < 1.29 is 62.5 Å². The van der Waals surface area contributed by atoms with Gasteiger partial charge in [0.1, 0.15) is 12.2 Å². The summed E-state index contributed by atoms with van der Waals surface area (Å²) >= 11 is 0. The van der Waals surface area contributed by atoms with Crippen LogP contribution in [0.25, 0.3) is 0 Å². The number of carbonyl (C=O) groups is 4. The third kappa shape index (κ3) is 24.6. The number of carboxylic acid groups (broad SMARTS) is 2. The van der Waals surface area contributed by atoms with Crippen LogP contribution < -0.4 is 11.5 Å². The third-order valence-corrected chi connectivity index (χ3v) is 28.1. The van der Waals surface area contributed by atoms with Crippen molar-refractivity contribution in [3.8, 4) is 0 Å². The molecule has 0 spiro atoms. The maximum absolute atomic E-state index is 12.3. The Kier molecular flexibility index (Phi) is 34.5. The van der Waals surface area contributed by atoms with Crippen LogP contribution in [-0.2, 0) is 85.4 Å². The molecule has 6 saturated carbocycles. The summed E-state index contributed by atoms with van der Waals surface area (Å²) in [6, 6.07) is 51.3. The molecule has 15 nitrogen and oxygen atoms in total. The number of esters is 2. The minimum absolute atomic E-state index is 0.0542. The Morgan fingerprint density at radius 1 is 0.356 bits per heavy atom. The number of carboxylic acids is 2. The molecule has 0 radical (unpaired) electrons. The summed E-state index contributed by atoms with van der Waals surface area (Å²) in [5.74, 6) is 7.22. The molecule has 11 aliphatic carbocycles. The fraction of sp³-hybridized carbons (Fsp3) is 0.534. The second kappa shape index (κ2) is 45.0. The first-order valence-electron chi connectivity index (χ1n) is 44.3. The number of nitrogens with two attached hydrogens (primary N) is 2. The molecule has 0 aliphatic heterocycles. The second-order valence-electron chi connectivity index (χ2n) is 36.5. The molecule has 118 heavy (non-hydrogen) atoms. The number of allylic oxidation sites excluding steroid dienone is 8. The largest absolute Gasteiger partial charge is 0.481 e. The monoisotopic (exact) mass is 1610 g/mol. The smallest absolute Gasteiger partial charge is 0.331 e. The van der Waals surface area contributed by atoms with Gasteiger partial charge < -0.3 is 54.8 Å². The van der Waals surface area contributed by atoms with Gasteiger partial charge in [-0.25, -0.2) is 9.59 Å². The number of aliphatic carboxylic acids is 2. The summed E-state index contributed by atoms with van der Waals surface area (Å²) < 4.78 is 40.5. The van der Waals surface area contributed by atoms with Crippen molar-refractivity contribution in [1.82, 2.24) is 0 Å². The summed E-state index contributed by atoms with van der Waals surface area (Å²) in [7, 11) is 0. The SMILES string of the molecule is C1=CC(COCc2ccccc2)C=C1.CC(C)[C@@H]1CC[C@@H](C)CC1OC(=O)/C=C/C(=O)O[C@H]1C[C@@H](C)CC[C@@H]1C(C)C.C[C@@H]1C2C=CC(C2COCc2ccccc2)[C@H]1C.C[C@@H]1C2C=CC(C2COCc2ccccc2)[C@H]1C.N[C@@H]1C2C=CC(C2COCc2ccccc2)[C@H]1N.O=C(O)[C@@H]1C2C=CC(C2COCc2ccccc2)[C@H]1C(=O)O. The number of ether oxygens (including phenoxy) is 7. The standard InChI is InChI=1S/C24H40O4.C17H18O5.2C17H22O.C15H20N2O.C13H14O/c1-15(2)19-9-7-17(5)13-21(19)27-23(25)11-12-24(26)28-22-14-18(6)8-10-20(22)16(3)4;18-16(19)14-11-6-7-12(15(14)17(20)21)13(11)9-22-8-10-4-2-1-3-5-10;2*1-12-13(2)16-9-8-15(12)17(16)11-18-10-14-6-4-3-5-7-14;16-14-11-6-7-12(15(14)17)13(11)9-18-8-10-4-2-1-3-5-10;1-2-6-12(7-3-1)10-14-11-13-8-4-5-9-13/h11-12,15-22H,7-10,13-14H2,1-6H3;1-7,11-15H,8-9H2,(H,18,19)(H,20,21);2*3-9,12-13,15-17H,10-11H2,1-2H3;1-7,11-15H,8-9,16-17H2;1-9,13H,10-11H2/b12-11+;;;;;/t17-,18+,19+,20-,21-,22?;11?,12?,13?,14-,15-;2*12-,13-,15?,16?,17?;11?,12?,13?,14-,15-;/m01001./s1. The van der Waals surface area contributed by atoms with E-state index in [0.29, 0.717) is 85.6 Å². The Morgan fingerprint density at radius 2 is 0.610 bits per heavy atom. The summed E-state index contributed by atoms with van der Waals surface area (Å²) in [6.07, 6.45) is 35.0. The molecule has 0 heterocycles. The van der Waals surface area contributed by atoms with Gasteiger partial charge in [-0.05, 0) is 184 Å². The van der Waals surface area contributed by atoms with E-state index in [1.807, 2.05) is 91.0 Å². The molecule has 22 atom stereocenters. The molecule has 5 aromatic rings. The summed E-state index contributed by atoms with van der Waals surface area (Å²) in [5.41, 5.74) is 18.3. The van der Waals surface area contributed by atoms with Crippen molar-refractivity contribution in [3.05, 3.63) is 265 Å². The maximum Gasteiger partial charge on any atom is 0.331 e. The topological polar surface area (TPSA) is 225 Å². The van der Waals surface area contributed by atoms with Crippen molar-refractivity contribution in [2.24, 2.45) is 159 Å². The van der Waals surface area contributed by atoms with Crippen LogP contribution in [0.2, 0.25) is 0 Å². The number of rotatable bonds is 28. The van der Waals surface area contributed by atoms with Crippen LogP contribution in [-0.4, -0.2) is 91.4 Å². The van der Waals surface area contributed by atoms with E-state index >= 15 is 0 Å². The average Bonchev–Trinajstić information content (AvgIpc) is 1.70. The molecular weight excluding hydrogens is 1470 g/mol. The third-order valence-electron chi connectivity index (χ3n) is 28.1. The normalized spacial score (nSPS) is 33.0. The van der Waals surface area contributed by atoms with Crippen molar-refractivity contribution in [2.75, 3.05) is 33.0 Å². The number of hydrogen-bond acceptors (Lipinski definition) is 13. The van der Waals surface area contributed by atoms with Crippen LogP contribution in [0.4, 0.5) is 0 Å². The van der Waals surface area contributed by atoms with E-state index in [1.165, 1.54) is 47.2 Å². The maximum atomic E-state index is 12.3. The van der Waals surface area contributed by atoms with E-state index in [1.54, 1.807) is 0 Å². The number of benzene rings is 5. The van der Waals surface area contributed by atoms with Crippen LogP contribution >= 0.6 is 0 Å². The highest BCUT2D eigenvalue weighted by Crippen LogP contribution is 2.55. The van der Waals surface area contributed by atoms with Crippen molar-refractivity contribution in [2.45, 2.75) is 165 Å². The lowest BCUT2D eigenvalue weighted by Gasteiger charge is -2.36. The molecule has 5 aromatic carbocycles. The number of fused-ring (bicyclic) bond motifs is 8. The molecule has 0 amide bonds. The Balaban J connectivity index is 0.000000140. The number of carbonyl (C=O) groups excluding carboxylic acids is 2. The van der Waals surface area contributed by atoms with E-state index in [9.17, 15) is 29.4 Å². The fourth-order valence-electron chi connectivity index (χ4n) is 21.0. The van der Waals surface area contributed by atoms with Gasteiger partial charge >= 0.3 is 23.9 Å². The van der Waals surface area contributed by atoms with Crippen LogP contribution in [0.5, 0.6) is 0 Å². The van der Waals surface area contributed by atoms with Gasteiger partial charge in [0.15, 0.2) is 0 Å². The van der Waals surface area contributed by atoms with Gasteiger partial charge in [0, 0.05) is 30.2 Å². The highest BCUT2D eigenvalue weighted by atomic mass is 16.6. The molecule has 11 aliphatic rings. The van der Waals surface area contributed by atoms with E-state index in [-0.39, 0.29) is 42.0 Å². The molecule has 6 fully saturated rings. The van der Waals surface area contributed by atoms with Gasteiger partial charge in [-0.2, -0.15) is 0 Å². The number of hydrogen-bond donors (Lipinski definition) is 4. The van der Waals surface area contributed by atoms with Crippen molar-refractivity contribution >= 4 is 23.9 Å². The van der Waals surface area contributed by atoms with E-state index in [0.717, 1.165) is 130 Å². The van der Waals surface area contributed by atoms with Crippen LogP contribution in [0, 0.1) is 148 Å². The zero-order valence-corrected chi connectivity index (χ0v) is 71.6. The predicted octanol–water partition coefficient (Wildman–Crippen LogP) is 19.6. The Hall–Kier alpha value is -8.12. The van der Waals surface area contributed by atoms with Crippen molar-refractivity contribution in [3.63, 3.8) is 0 Å². The first-order chi connectivity index (χ1) is 57.0. The zero-order chi connectivity index (χ0) is 83.8.